The summed E-state index contributed by atoms with van der Waals surface area (Å²) in [5.74, 6) is 0.0748. The molecule has 0 saturated carbocycles. The molecule has 3 N–H and O–H groups in total. The molecule has 0 radical (unpaired) electrons. The van der Waals surface area contributed by atoms with Crippen molar-refractivity contribution in [3.05, 3.63) is 65.9 Å². The fraction of sp³-hybridized carbons (Fsp3) is 0.111. The van der Waals surface area contributed by atoms with Crippen molar-refractivity contribution < 1.29 is 22.5 Å². The number of benzene rings is 2. The van der Waals surface area contributed by atoms with E-state index in [4.69, 9.17) is 14.6 Å². The lowest BCUT2D eigenvalue weighted by molar-refractivity contribution is -0.112. The number of nitriles is 1. The van der Waals surface area contributed by atoms with E-state index in [1.807, 2.05) is 12.1 Å². The van der Waals surface area contributed by atoms with Gasteiger partial charge in [-0.25, -0.2) is 0 Å². The van der Waals surface area contributed by atoms with Gasteiger partial charge in [-0.1, -0.05) is 12.1 Å². The molecule has 0 aliphatic rings. The first-order valence-corrected chi connectivity index (χ1v) is 9.13. The summed E-state index contributed by atoms with van der Waals surface area (Å²) in [6, 6.07) is 14.0. The minimum atomic E-state index is -4.31. The number of nitrogens with one attached hydrogen (secondary N) is 2. The van der Waals surface area contributed by atoms with Gasteiger partial charge in [0.05, 0.1) is 12.0 Å². The van der Waals surface area contributed by atoms with Crippen LogP contribution in [0.1, 0.15) is 5.56 Å². The lowest BCUT2D eigenvalue weighted by atomic mass is 10.2. The van der Waals surface area contributed by atoms with Gasteiger partial charge in [-0.05, 0) is 42.0 Å². The van der Waals surface area contributed by atoms with Gasteiger partial charge in [-0.2, -0.15) is 13.7 Å². The number of hydrogen-bond acceptors (Lipinski definition) is 6. The smallest absolute Gasteiger partial charge is 0.294 e. The van der Waals surface area contributed by atoms with Crippen LogP contribution in [0.3, 0.4) is 0 Å². The molecule has 0 fully saturated rings. The van der Waals surface area contributed by atoms with Crippen LogP contribution in [-0.4, -0.2) is 26.0 Å². The summed E-state index contributed by atoms with van der Waals surface area (Å²) in [6.45, 7) is 0.408. The molecule has 2 rings (SSSR count). The van der Waals surface area contributed by atoms with Crippen LogP contribution in [0.4, 0.5) is 5.69 Å². The minimum absolute atomic E-state index is 0.151. The Kier molecular flexibility index (Phi) is 6.54. The van der Waals surface area contributed by atoms with Gasteiger partial charge in [0.2, 0.25) is 0 Å². The molecule has 0 unspecified atom stereocenters. The van der Waals surface area contributed by atoms with Crippen molar-refractivity contribution in [1.82, 2.24) is 5.32 Å². The number of methoxy groups -OCH3 is 1. The van der Waals surface area contributed by atoms with E-state index in [2.05, 4.69) is 10.6 Å². The van der Waals surface area contributed by atoms with Crippen molar-refractivity contribution in [2.45, 2.75) is 11.4 Å². The van der Waals surface area contributed by atoms with Gasteiger partial charge < -0.3 is 15.4 Å². The Morgan fingerprint density at radius 2 is 1.81 bits per heavy atom. The summed E-state index contributed by atoms with van der Waals surface area (Å²) in [7, 11) is -2.73. The Balaban J connectivity index is 1.98. The van der Waals surface area contributed by atoms with E-state index < -0.39 is 16.0 Å². The maximum Gasteiger partial charge on any atom is 0.294 e. The topological polar surface area (TPSA) is 129 Å². The Bertz CT molecular complexity index is 975. The predicted molar refractivity (Wildman–Crippen MR) is 98.4 cm³/mol. The third-order valence-electron chi connectivity index (χ3n) is 3.49. The van der Waals surface area contributed by atoms with Crippen molar-refractivity contribution >= 4 is 21.7 Å². The van der Waals surface area contributed by atoms with Gasteiger partial charge in [-0.15, -0.1) is 0 Å². The van der Waals surface area contributed by atoms with Gasteiger partial charge >= 0.3 is 0 Å². The summed E-state index contributed by atoms with van der Waals surface area (Å²) in [4.78, 5) is 11.8. The average molecular weight is 387 g/mol. The maximum absolute atomic E-state index is 12.1. The fourth-order valence-corrected chi connectivity index (χ4v) is 2.55. The second-order valence-electron chi connectivity index (χ2n) is 5.35. The standard InChI is InChI=1S/C18H17N3O5S/c1-26-16-6-2-13(3-7-16)11-20-12-14(10-19)18(22)21-15-4-8-17(9-5-15)27(23,24)25/h2-9,12,20H,11H2,1H3,(H,21,22)(H,23,24,25)/b14-12-. The number of amides is 1. The summed E-state index contributed by atoms with van der Waals surface area (Å²) in [6.07, 6.45) is 1.30. The van der Waals surface area contributed by atoms with Crippen molar-refractivity contribution in [2.75, 3.05) is 12.4 Å². The molecule has 0 heterocycles. The molecule has 27 heavy (non-hydrogen) atoms. The van der Waals surface area contributed by atoms with Gasteiger partial charge in [0.15, 0.2) is 0 Å². The van der Waals surface area contributed by atoms with Crippen molar-refractivity contribution in [3.8, 4) is 11.8 Å². The number of carbonyl (C=O) groups is 1. The van der Waals surface area contributed by atoms with E-state index in [0.717, 1.165) is 23.4 Å². The number of ether oxygens (including phenoxy) is 1. The van der Waals surface area contributed by atoms with Gasteiger partial charge in [0.25, 0.3) is 16.0 Å². The number of rotatable bonds is 7. The summed E-state index contributed by atoms with van der Waals surface area (Å²) in [5, 5.41) is 14.5. The number of hydrogen-bond donors (Lipinski definition) is 3. The molecule has 0 atom stereocenters. The highest BCUT2D eigenvalue weighted by Crippen LogP contribution is 2.14. The van der Waals surface area contributed by atoms with E-state index in [1.165, 1.54) is 18.3 Å². The highest BCUT2D eigenvalue weighted by atomic mass is 32.2. The van der Waals surface area contributed by atoms with Gasteiger partial charge in [0.1, 0.15) is 17.4 Å². The Hall–Kier alpha value is -3.35. The van der Waals surface area contributed by atoms with Crippen LogP contribution in [0.25, 0.3) is 0 Å². The molecule has 2 aromatic rings. The molecular formula is C18H17N3O5S. The second kappa shape index (κ2) is 8.84. The zero-order chi connectivity index (χ0) is 19.9. The number of carbonyl (C=O) groups excluding carboxylic acids is 1. The van der Waals surface area contributed by atoms with Crippen molar-refractivity contribution in [3.63, 3.8) is 0 Å². The Morgan fingerprint density at radius 3 is 2.33 bits per heavy atom. The predicted octanol–water partition coefficient (Wildman–Crippen LogP) is 2.08. The van der Waals surface area contributed by atoms with Crippen LogP contribution in [0.5, 0.6) is 5.75 Å². The molecule has 0 bridgehead atoms. The molecule has 0 aliphatic carbocycles. The molecule has 8 nitrogen and oxygen atoms in total. The average Bonchev–Trinajstić information content (AvgIpc) is 2.65. The minimum Gasteiger partial charge on any atom is -0.497 e. The molecule has 0 aromatic heterocycles. The van der Waals surface area contributed by atoms with E-state index in [9.17, 15) is 13.2 Å². The number of nitrogens with zero attached hydrogens (tertiary/aromatic N) is 1. The van der Waals surface area contributed by atoms with Crippen LogP contribution >= 0.6 is 0 Å². The van der Waals surface area contributed by atoms with Gasteiger partial charge in [0, 0.05) is 18.4 Å². The zero-order valence-corrected chi connectivity index (χ0v) is 15.2. The highest BCUT2D eigenvalue weighted by molar-refractivity contribution is 7.85. The van der Waals surface area contributed by atoms with Crippen LogP contribution in [-0.2, 0) is 21.5 Å². The molecule has 0 spiro atoms. The molecule has 9 heteroatoms. The molecule has 1 amide bonds. The Labute approximate surface area is 156 Å². The first kappa shape index (κ1) is 20.0. The molecule has 0 aliphatic heterocycles. The maximum atomic E-state index is 12.1. The second-order valence-corrected chi connectivity index (χ2v) is 6.77. The quantitative estimate of drug-likeness (QED) is 0.377. The van der Waals surface area contributed by atoms with Crippen LogP contribution in [0.15, 0.2) is 65.2 Å². The van der Waals surface area contributed by atoms with E-state index >= 15 is 0 Å². The van der Waals surface area contributed by atoms with Crippen molar-refractivity contribution in [1.29, 1.82) is 5.26 Å². The van der Waals surface area contributed by atoms with Crippen LogP contribution in [0, 0.1) is 11.3 Å². The number of anilines is 1. The zero-order valence-electron chi connectivity index (χ0n) is 14.3. The van der Waals surface area contributed by atoms with E-state index in [0.29, 0.717) is 6.54 Å². The van der Waals surface area contributed by atoms with Crippen molar-refractivity contribution in [2.24, 2.45) is 0 Å². The molecule has 140 valence electrons. The monoisotopic (exact) mass is 387 g/mol. The van der Waals surface area contributed by atoms with Crippen LogP contribution in [0.2, 0.25) is 0 Å². The summed E-state index contributed by atoms with van der Waals surface area (Å²) in [5.41, 5.74) is 1.07. The lowest BCUT2D eigenvalue weighted by Crippen LogP contribution is -2.16. The first-order chi connectivity index (χ1) is 12.8. The summed E-state index contributed by atoms with van der Waals surface area (Å²) >= 11 is 0. The molecule has 0 saturated heterocycles. The third-order valence-corrected chi connectivity index (χ3v) is 4.35. The highest BCUT2D eigenvalue weighted by Gasteiger charge is 2.12. The molecule has 2 aromatic carbocycles. The largest absolute Gasteiger partial charge is 0.497 e. The lowest BCUT2D eigenvalue weighted by Gasteiger charge is -2.06. The Morgan fingerprint density at radius 1 is 1.19 bits per heavy atom. The third kappa shape index (κ3) is 5.85. The summed E-state index contributed by atoms with van der Waals surface area (Å²) < 4.78 is 36.0. The first-order valence-electron chi connectivity index (χ1n) is 7.69. The van der Waals surface area contributed by atoms with E-state index in [1.54, 1.807) is 25.3 Å². The van der Waals surface area contributed by atoms with E-state index in [-0.39, 0.29) is 16.2 Å². The van der Waals surface area contributed by atoms with Gasteiger partial charge in [-0.3, -0.25) is 9.35 Å². The van der Waals surface area contributed by atoms with Crippen LogP contribution < -0.4 is 15.4 Å². The normalized spacial score (nSPS) is 11.4. The molecular weight excluding hydrogens is 370 g/mol. The SMILES string of the molecule is COc1ccc(CN/C=C(/C#N)C(=O)Nc2ccc(S(=O)(=O)O)cc2)cc1. The fourth-order valence-electron chi connectivity index (χ4n) is 2.07.